The van der Waals surface area contributed by atoms with Crippen molar-refractivity contribution in [2.45, 2.75) is 34.1 Å². The molecule has 2 fully saturated rings. The Hall–Kier alpha value is -3.16. The molecular weight excluding hydrogens is 603 g/mol. The first kappa shape index (κ1) is 38.0. The Bertz CT molecular complexity index is 1260. The fourth-order valence-electron chi connectivity index (χ4n) is 5.73. The summed E-state index contributed by atoms with van der Waals surface area (Å²) in [4.78, 5) is 34.1. The summed E-state index contributed by atoms with van der Waals surface area (Å²) in [6, 6.07) is 12.8. The summed E-state index contributed by atoms with van der Waals surface area (Å²) in [6.07, 6.45) is 16.2. The van der Waals surface area contributed by atoms with Gasteiger partial charge in [0, 0.05) is 64.5 Å². The van der Waals surface area contributed by atoms with E-state index in [1.165, 1.54) is 33.4 Å². The third kappa shape index (κ3) is 12.3. The monoisotopic (exact) mass is 652 g/mol. The van der Waals surface area contributed by atoms with Crippen LogP contribution in [-0.4, -0.2) is 96.9 Å². The summed E-state index contributed by atoms with van der Waals surface area (Å²) in [7, 11) is 0. The van der Waals surface area contributed by atoms with E-state index in [0.29, 0.717) is 0 Å². The summed E-state index contributed by atoms with van der Waals surface area (Å²) >= 11 is 0. The van der Waals surface area contributed by atoms with Gasteiger partial charge >= 0.3 is 0 Å². The van der Waals surface area contributed by atoms with E-state index in [0.717, 1.165) is 71.9 Å². The van der Waals surface area contributed by atoms with Crippen LogP contribution in [0.5, 0.6) is 0 Å². The molecule has 2 aliphatic rings. The van der Waals surface area contributed by atoms with Gasteiger partial charge in [0.1, 0.15) is 0 Å². The molecule has 2 amide bonds. The molecule has 0 saturated carbocycles. The van der Waals surface area contributed by atoms with Gasteiger partial charge in [0.25, 0.3) is 0 Å². The van der Waals surface area contributed by atoms with Gasteiger partial charge in [0.05, 0.1) is 0 Å². The average molecular weight is 654 g/mol. The Morgan fingerprint density at radius 3 is 1.31 bits per heavy atom. The molecule has 2 heterocycles. The molecule has 4 rings (SSSR count). The predicted octanol–water partition coefficient (Wildman–Crippen LogP) is 6.28. The number of benzene rings is 2. The quantitative estimate of drug-likeness (QED) is 0.224. The molecule has 2 aromatic carbocycles. The van der Waals surface area contributed by atoms with Gasteiger partial charge in [-0.25, -0.2) is 0 Å². The molecule has 0 N–H and O–H groups in total. The maximum atomic E-state index is 12.6. The molecule has 2 aromatic rings. The average Bonchev–Trinajstić information content (AvgIpc) is 3.00. The first-order chi connectivity index (χ1) is 20.8. The summed E-state index contributed by atoms with van der Waals surface area (Å²) in [6.45, 7) is 17.3. The highest BCUT2D eigenvalue weighted by atomic mass is 35.5. The lowest BCUT2D eigenvalue weighted by atomic mass is 10.1. The summed E-state index contributed by atoms with van der Waals surface area (Å²) < 4.78 is 0. The molecule has 0 aliphatic carbocycles. The van der Waals surface area contributed by atoms with Crippen LogP contribution in [0, 0.1) is 27.7 Å². The van der Waals surface area contributed by atoms with Crippen molar-refractivity contribution in [2.24, 2.45) is 0 Å². The Kier molecular flexibility index (Phi) is 16.4. The Morgan fingerprint density at radius 1 is 0.578 bits per heavy atom. The molecule has 0 aromatic heterocycles. The lowest BCUT2D eigenvalue weighted by Crippen LogP contribution is -2.50. The number of halogens is 2. The summed E-state index contributed by atoms with van der Waals surface area (Å²) in [5.74, 6) is 0.175. The van der Waals surface area contributed by atoms with E-state index < -0.39 is 0 Å². The molecule has 8 heteroatoms. The van der Waals surface area contributed by atoms with Gasteiger partial charge in [-0.2, -0.15) is 0 Å². The second-order valence-electron chi connectivity index (χ2n) is 11.8. The van der Waals surface area contributed by atoms with E-state index in [1.54, 1.807) is 12.2 Å². The number of aryl methyl sites for hydroxylation is 4. The van der Waals surface area contributed by atoms with E-state index in [9.17, 15) is 9.59 Å². The van der Waals surface area contributed by atoms with Gasteiger partial charge in [-0.05, 0) is 69.5 Å². The van der Waals surface area contributed by atoms with Crippen molar-refractivity contribution in [3.63, 3.8) is 0 Å². The highest BCUT2D eigenvalue weighted by Gasteiger charge is 2.21. The van der Waals surface area contributed by atoms with E-state index in [2.05, 4.69) is 86.0 Å². The van der Waals surface area contributed by atoms with Crippen LogP contribution in [0.25, 0.3) is 12.2 Å². The van der Waals surface area contributed by atoms with Crippen LogP contribution < -0.4 is 0 Å². The van der Waals surface area contributed by atoms with Gasteiger partial charge in [-0.1, -0.05) is 84.0 Å². The third-order valence-corrected chi connectivity index (χ3v) is 8.42. The van der Waals surface area contributed by atoms with E-state index in [4.69, 9.17) is 0 Å². The number of allylic oxidation sites excluding steroid dienone is 4. The van der Waals surface area contributed by atoms with Crippen LogP contribution in [-0.2, 0) is 9.59 Å². The van der Waals surface area contributed by atoms with E-state index >= 15 is 0 Å². The van der Waals surface area contributed by atoms with Gasteiger partial charge in [-0.15, -0.1) is 24.8 Å². The van der Waals surface area contributed by atoms with Crippen LogP contribution >= 0.6 is 24.8 Å². The summed E-state index contributed by atoms with van der Waals surface area (Å²) in [5.41, 5.74) is 7.35. The minimum Gasteiger partial charge on any atom is -0.337 e. The number of piperazine rings is 2. The van der Waals surface area contributed by atoms with Crippen molar-refractivity contribution < 1.29 is 9.59 Å². The lowest BCUT2D eigenvalue weighted by Gasteiger charge is -2.36. The number of carbonyl (C=O) groups is 2. The predicted molar refractivity (Wildman–Crippen MR) is 193 cm³/mol. The number of hydrogen-bond donors (Lipinski definition) is 0. The highest BCUT2D eigenvalue weighted by molar-refractivity contribution is 5.88. The lowest BCUT2D eigenvalue weighted by molar-refractivity contribution is -0.128. The maximum absolute atomic E-state index is 12.6. The minimum atomic E-state index is 0. The topological polar surface area (TPSA) is 47.1 Å². The van der Waals surface area contributed by atoms with Crippen LogP contribution in [0.4, 0.5) is 0 Å². The van der Waals surface area contributed by atoms with E-state index in [-0.39, 0.29) is 36.6 Å². The molecule has 244 valence electrons. The molecule has 0 unspecified atom stereocenters. The molecule has 2 saturated heterocycles. The third-order valence-electron chi connectivity index (χ3n) is 8.42. The molecule has 0 bridgehead atoms. The van der Waals surface area contributed by atoms with E-state index in [1.807, 2.05) is 34.1 Å². The van der Waals surface area contributed by atoms with Crippen molar-refractivity contribution in [1.29, 1.82) is 0 Å². The van der Waals surface area contributed by atoms with Gasteiger partial charge in [0.2, 0.25) is 11.8 Å². The van der Waals surface area contributed by atoms with Gasteiger partial charge < -0.3 is 9.80 Å². The van der Waals surface area contributed by atoms with Crippen molar-refractivity contribution >= 4 is 48.8 Å². The first-order valence-corrected chi connectivity index (χ1v) is 15.6. The number of hydrogen-bond acceptors (Lipinski definition) is 4. The first-order valence-electron chi connectivity index (χ1n) is 15.6. The zero-order valence-corrected chi connectivity index (χ0v) is 28.9. The number of nitrogens with zero attached hydrogens (tertiary/aromatic N) is 4. The second kappa shape index (κ2) is 19.4. The largest absolute Gasteiger partial charge is 0.337 e. The second-order valence-corrected chi connectivity index (χ2v) is 11.8. The Morgan fingerprint density at radius 2 is 0.956 bits per heavy atom. The number of rotatable bonds is 10. The van der Waals surface area contributed by atoms with Crippen molar-refractivity contribution in [2.75, 3.05) is 65.4 Å². The van der Waals surface area contributed by atoms with Crippen molar-refractivity contribution in [3.8, 4) is 0 Å². The highest BCUT2D eigenvalue weighted by Crippen LogP contribution is 2.14. The van der Waals surface area contributed by atoms with Crippen LogP contribution in [0.3, 0.4) is 0 Å². The van der Waals surface area contributed by atoms with Crippen LogP contribution in [0.1, 0.15) is 39.8 Å². The minimum absolute atomic E-state index is 0. The molecule has 45 heavy (non-hydrogen) atoms. The number of carbonyl (C=O) groups excluding carboxylic acids is 2. The fraction of sp³-hybridized carbons (Fsp3) is 0.405. The Labute approximate surface area is 283 Å². The Balaban J connectivity index is 0.00000353. The zero-order chi connectivity index (χ0) is 30.6. The molecule has 0 radical (unpaired) electrons. The normalized spacial score (nSPS) is 16.5. The van der Waals surface area contributed by atoms with Crippen molar-refractivity contribution in [1.82, 2.24) is 19.6 Å². The van der Waals surface area contributed by atoms with Crippen molar-refractivity contribution in [3.05, 3.63) is 106 Å². The molecule has 6 nitrogen and oxygen atoms in total. The maximum Gasteiger partial charge on any atom is 0.246 e. The summed E-state index contributed by atoms with van der Waals surface area (Å²) in [5, 5.41) is 0. The molecule has 2 aliphatic heterocycles. The molecule has 0 spiro atoms. The smallest absolute Gasteiger partial charge is 0.246 e. The van der Waals surface area contributed by atoms with Crippen LogP contribution in [0.15, 0.2) is 72.9 Å². The SMILES string of the molecule is Cc1ccc(/C=C/C=C/C(=O)N2CCN(CCCN3CCN(C(=O)/C=C/C=C/c4ccc(C)cc4C)CC3)CC2)c(C)c1.Cl.Cl. The number of amides is 2. The van der Waals surface area contributed by atoms with Crippen LogP contribution in [0.2, 0.25) is 0 Å². The van der Waals surface area contributed by atoms with Gasteiger partial charge in [-0.3, -0.25) is 19.4 Å². The molecule has 0 atom stereocenters. The zero-order valence-electron chi connectivity index (χ0n) is 27.3. The van der Waals surface area contributed by atoms with Gasteiger partial charge in [0.15, 0.2) is 0 Å². The molecular formula is C37H50Cl2N4O2. The standard InChI is InChI=1S/C37H48N4O2.2ClH/c1-30-14-16-34(32(3)28-30)10-5-7-12-36(42)40-24-20-38(21-25-40)18-9-19-39-22-26-41(27-23-39)37(43)13-8-6-11-35-17-15-31(2)29-33(35)4;;/h5-8,10-17,28-29H,9,18-27H2,1-4H3;2*1H/b10-5+,11-6+,12-7+,13-8+;;. The fourth-order valence-corrected chi connectivity index (χ4v) is 5.73.